The fraction of sp³-hybridized carbons (Fsp3) is 0.304. The summed E-state index contributed by atoms with van der Waals surface area (Å²) in [5.41, 5.74) is 3.21. The summed E-state index contributed by atoms with van der Waals surface area (Å²) in [5, 5.41) is 20.2. The lowest BCUT2D eigenvalue weighted by molar-refractivity contribution is 0.624. The van der Waals surface area contributed by atoms with Crippen molar-refractivity contribution in [2.45, 2.75) is 31.7 Å². The number of anilines is 2. The molecule has 1 aliphatic heterocycles. The third kappa shape index (κ3) is 4.12. The standard InChI is InChI=1S/C23H21FN8/c24-20-9-14(1-2-15(20)10-25)21-19(16-11-27-22(28-12-16)30-18-3-4-18)13-29-23(31-21)32-7-5-17(26)6-8-32/h1-2,9,11-13,18,26H,3-8H2,(H,27,28,30). The minimum Gasteiger partial charge on any atom is -0.351 e. The van der Waals surface area contributed by atoms with Gasteiger partial charge in [0, 0.05) is 73.0 Å². The highest BCUT2D eigenvalue weighted by Crippen LogP contribution is 2.32. The van der Waals surface area contributed by atoms with Crippen LogP contribution < -0.4 is 10.2 Å². The summed E-state index contributed by atoms with van der Waals surface area (Å²) in [4.78, 5) is 20.2. The summed E-state index contributed by atoms with van der Waals surface area (Å²) in [6.45, 7) is 1.34. The van der Waals surface area contributed by atoms with Gasteiger partial charge in [0.2, 0.25) is 11.9 Å². The van der Waals surface area contributed by atoms with Crippen LogP contribution in [-0.2, 0) is 0 Å². The van der Waals surface area contributed by atoms with Crippen molar-refractivity contribution in [3.8, 4) is 28.5 Å². The van der Waals surface area contributed by atoms with E-state index < -0.39 is 5.82 Å². The molecule has 3 aromatic rings. The van der Waals surface area contributed by atoms with Crippen molar-refractivity contribution in [1.82, 2.24) is 19.9 Å². The zero-order valence-electron chi connectivity index (χ0n) is 17.3. The van der Waals surface area contributed by atoms with Crippen LogP contribution in [0.15, 0.2) is 36.8 Å². The maximum absolute atomic E-state index is 14.4. The van der Waals surface area contributed by atoms with E-state index in [0.29, 0.717) is 60.7 Å². The second-order valence-corrected chi connectivity index (χ2v) is 8.04. The van der Waals surface area contributed by atoms with Gasteiger partial charge in [-0.05, 0) is 25.0 Å². The van der Waals surface area contributed by atoms with Gasteiger partial charge in [-0.3, -0.25) is 0 Å². The van der Waals surface area contributed by atoms with E-state index in [4.69, 9.17) is 15.7 Å². The first-order valence-electron chi connectivity index (χ1n) is 10.6. The Morgan fingerprint density at radius 1 is 1.06 bits per heavy atom. The van der Waals surface area contributed by atoms with Crippen LogP contribution in [0.5, 0.6) is 0 Å². The molecule has 2 N–H and O–H groups in total. The molecule has 32 heavy (non-hydrogen) atoms. The Morgan fingerprint density at radius 2 is 1.81 bits per heavy atom. The average molecular weight is 428 g/mol. The van der Waals surface area contributed by atoms with Crippen molar-refractivity contribution in [1.29, 1.82) is 10.7 Å². The summed E-state index contributed by atoms with van der Waals surface area (Å²) in [7, 11) is 0. The number of hydrogen-bond acceptors (Lipinski definition) is 8. The molecule has 0 spiro atoms. The van der Waals surface area contributed by atoms with Crippen molar-refractivity contribution >= 4 is 17.6 Å². The SMILES string of the molecule is N#Cc1ccc(-c2nc(N3CCC(=N)CC3)ncc2-c2cnc(NC3CC3)nc2)cc1F. The normalized spacial score (nSPS) is 16.0. The molecule has 0 radical (unpaired) electrons. The van der Waals surface area contributed by atoms with Gasteiger partial charge in [0.25, 0.3) is 0 Å². The van der Waals surface area contributed by atoms with Gasteiger partial charge < -0.3 is 15.6 Å². The van der Waals surface area contributed by atoms with Crippen LogP contribution in [0.3, 0.4) is 0 Å². The molecule has 3 heterocycles. The molecule has 1 saturated carbocycles. The predicted octanol–water partition coefficient (Wildman–Crippen LogP) is 3.81. The molecule has 1 aromatic carbocycles. The molecule has 0 amide bonds. The predicted molar refractivity (Wildman–Crippen MR) is 119 cm³/mol. The minimum absolute atomic E-state index is 0.0158. The third-order valence-corrected chi connectivity index (χ3v) is 5.66. The van der Waals surface area contributed by atoms with Gasteiger partial charge in [-0.25, -0.2) is 24.3 Å². The van der Waals surface area contributed by atoms with Gasteiger partial charge in [0.15, 0.2) is 0 Å². The molecule has 8 nitrogen and oxygen atoms in total. The van der Waals surface area contributed by atoms with Crippen molar-refractivity contribution < 1.29 is 4.39 Å². The molecule has 160 valence electrons. The number of aromatic nitrogens is 4. The smallest absolute Gasteiger partial charge is 0.225 e. The van der Waals surface area contributed by atoms with E-state index in [-0.39, 0.29) is 5.56 Å². The first-order chi connectivity index (χ1) is 15.6. The van der Waals surface area contributed by atoms with E-state index in [0.717, 1.165) is 24.1 Å². The Hall–Kier alpha value is -3.93. The highest BCUT2D eigenvalue weighted by molar-refractivity contribution is 5.84. The van der Waals surface area contributed by atoms with Crippen molar-refractivity contribution in [3.05, 3.63) is 48.2 Å². The number of nitrogens with zero attached hydrogens (tertiary/aromatic N) is 6. The highest BCUT2D eigenvalue weighted by atomic mass is 19.1. The molecule has 0 bridgehead atoms. The molecule has 2 fully saturated rings. The molecule has 0 atom stereocenters. The number of rotatable bonds is 5. The molecule has 2 aromatic heterocycles. The van der Waals surface area contributed by atoms with Gasteiger partial charge in [-0.2, -0.15) is 5.26 Å². The first-order valence-corrected chi connectivity index (χ1v) is 10.6. The fourth-order valence-electron chi connectivity index (χ4n) is 3.64. The summed E-state index contributed by atoms with van der Waals surface area (Å²) in [6, 6.07) is 6.77. The Labute approximate surface area is 184 Å². The van der Waals surface area contributed by atoms with Gasteiger partial charge in [-0.15, -0.1) is 0 Å². The lowest BCUT2D eigenvalue weighted by atomic mass is 10.0. The van der Waals surface area contributed by atoms with Crippen LogP contribution in [0.25, 0.3) is 22.4 Å². The zero-order chi connectivity index (χ0) is 22.1. The average Bonchev–Trinajstić information content (AvgIpc) is 3.64. The zero-order valence-corrected chi connectivity index (χ0v) is 17.3. The minimum atomic E-state index is -0.595. The second kappa shape index (κ2) is 8.30. The van der Waals surface area contributed by atoms with E-state index in [1.54, 1.807) is 24.7 Å². The monoisotopic (exact) mass is 428 g/mol. The van der Waals surface area contributed by atoms with Crippen LogP contribution in [0.2, 0.25) is 0 Å². The molecule has 9 heteroatoms. The maximum Gasteiger partial charge on any atom is 0.225 e. The van der Waals surface area contributed by atoms with E-state index in [1.807, 2.05) is 11.0 Å². The molecule has 0 unspecified atom stereocenters. The number of benzene rings is 1. The summed E-state index contributed by atoms with van der Waals surface area (Å²) >= 11 is 0. The lowest BCUT2D eigenvalue weighted by Gasteiger charge is -2.27. The summed E-state index contributed by atoms with van der Waals surface area (Å²) in [5.74, 6) is 0.521. The molecule has 1 aliphatic carbocycles. The molecular formula is C23H21FN8. The van der Waals surface area contributed by atoms with Crippen LogP contribution in [0.4, 0.5) is 16.3 Å². The maximum atomic E-state index is 14.4. The quantitative estimate of drug-likeness (QED) is 0.635. The van der Waals surface area contributed by atoms with Gasteiger partial charge in [-0.1, -0.05) is 6.07 Å². The van der Waals surface area contributed by atoms with Gasteiger partial charge in [0.05, 0.1) is 11.3 Å². The van der Waals surface area contributed by atoms with Crippen molar-refractivity contribution in [3.63, 3.8) is 0 Å². The number of piperidine rings is 1. The van der Waals surface area contributed by atoms with Crippen molar-refractivity contribution in [2.24, 2.45) is 0 Å². The van der Waals surface area contributed by atoms with E-state index in [1.165, 1.54) is 12.1 Å². The highest BCUT2D eigenvalue weighted by Gasteiger charge is 2.23. The second-order valence-electron chi connectivity index (χ2n) is 8.04. The third-order valence-electron chi connectivity index (χ3n) is 5.66. The largest absolute Gasteiger partial charge is 0.351 e. The number of hydrogen-bond donors (Lipinski definition) is 2. The van der Waals surface area contributed by atoms with Crippen molar-refractivity contribution in [2.75, 3.05) is 23.3 Å². The van der Waals surface area contributed by atoms with E-state index >= 15 is 0 Å². The van der Waals surface area contributed by atoms with Crippen LogP contribution >= 0.6 is 0 Å². The van der Waals surface area contributed by atoms with E-state index in [9.17, 15) is 4.39 Å². The van der Waals surface area contributed by atoms with Crippen LogP contribution in [0, 0.1) is 22.6 Å². The van der Waals surface area contributed by atoms with Gasteiger partial charge >= 0.3 is 0 Å². The summed E-state index contributed by atoms with van der Waals surface area (Å²) < 4.78 is 14.4. The Morgan fingerprint density at radius 3 is 2.47 bits per heavy atom. The fourth-order valence-corrected chi connectivity index (χ4v) is 3.64. The Kier molecular flexibility index (Phi) is 5.19. The van der Waals surface area contributed by atoms with E-state index in [2.05, 4.69) is 20.3 Å². The molecular weight excluding hydrogens is 407 g/mol. The number of nitrogens with one attached hydrogen (secondary N) is 2. The van der Waals surface area contributed by atoms with Crippen LogP contribution in [0.1, 0.15) is 31.2 Å². The topological polar surface area (TPSA) is 114 Å². The number of nitriles is 1. The molecule has 2 aliphatic rings. The van der Waals surface area contributed by atoms with Crippen LogP contribution in [-0.4, -0.2) is 44.8 Å². The first kappa shape index (κ1) is 20.0. The van der Waals surface area contributed by atoms with Gasteiger partial charge in [0.1, 0.15) is 11.9 Å². The Balaban J connectivity index is 1.55. The lowest BCUT2D eigenvalue weighted by Crippen LogP contribution is -2.34. The summed E-state index contributed by atoms with van der Waals surface area (Å²) in [6.07, 6.45) is 8.74. The molecule has 1 saturated heterocycles. The Bertz CT molecular complexity index is 1200. The number of halogens is 1. The molecule has 5 rings (SSSR count).